The standard InChI is InChI=1S/C31H41ClN4O7S.2ClH/c1-6-41-28(37)21-44(39,40)36(24-12-13-27(26(32)20-24)42-25-14-17-35(5)18-15-25)16-8-10-22-9-7-11-23(19-22)29(33)34-30(38)43-31(2,3)4;;/h7-13,19-20,25H,6,14-18,21H2,1-5H3,(H2,33,34,38);2*1H/b10-8+;;. The lowest BCUT2D eigenvalue weighted by atomic mass is 10.1. The van der Waals surface area contributed by atoms with Crippen molar-refractivity contribution in [1.29, 1.82) is 0 Å². The van der Waals surface area contributed by atoms with Gasteiger partial charge in [-0.05, 0) is 77.4 Å². The van der Waals surface area contributed by atoms with Crippen LogP contribution in [0.15, 0.2) is 53.5 Å². The topological polar surface area (TPSA) is 141 Å². The summed E-state index contributed by atoms with van der Waals surface area (Å²) in [6, 6.07) is 11.6. The van der Waals surface area contributed by atoms with Crippen LogP contribution in [-0.4, -0.2) is 82.0 Å². The van der Waals surface area contributed by atoms with Gasteiger partial charge in [0.05, 0.1) is 23.9 Å². The molecule has 0 saturated carbocycles. The molecule has 1 aliphatic heterocycles. The number of ether oxygens (including phenoxy) is 3. The van der Waals surface area contributed by atoms with Crippen LogP contribution < -0.4 is 14.8 Å². The van der Waals surface area contributed by atoms with Crippen LogP contribution in [0.25, 0.3) is 6.08 Å². The van der Waals surface area contributed by atoms with Crippen molar-refractivity contribution in [2.24, 2.45) is 10.7 Å². The minimum Gasteiger partial charge on any atom is -0.489 e. The molecule has 1 amide bonds. The van der Waals surface area contributed by atoms with Gasteiger partial charge in [0.2, 0.25) is 10.0 Å². The molecule has 1 heterocycles. The van der Waals surface area contributed by atoms with E-state index in [4.69, 9.17) is 31.5 Å². The Hall–Kier alpha value is -3.03. The number of anilines is 1. The van der Waals surface area contributed by atoms with Crippen molar-refractivity contribution in [3.63, 3.8) is 0 Å². The number of sulfonamides is 1. The summed E-state index contributed by atoms with van der Waals surface area (Å²) in [5.41, 5.74) is 6.73. The average Bonchev–Trinajstić information content (AvgIpc) is 2.92. The number of nitrogens with zero attached hydrogens (tertiary/aromatic N) is 3. The Morgan fingerprint density at radius 2 is 1.80 bits per heavy atom. The van der Waals surface area contributed by atoms with E-state index >= 15 is 0 Å². The van der Waals surface area contributed by atoms with E-state index in [9.17, 15) is 18.0 Å². The summed E-state index contributed by atoms with van der Waals surface area (Å²) in [5.74, 6) is -1.26. The van der Waals surface area contributed by atoms with Gasteiger partial charge in [-0.15, -0.1) is 24.8 Å². The molecular weight excluding hydrogens is 679 g/mol. The maximum Gasteiger partial charge on any atom is 0.436 e. The van der Waals surface area contributed by atoms with Crippen molar-refractivity contribution in [2.75, 3.05) is 43.3 Å². The number of benzene rings is 2. The van der Waals surface area contributed by atoms with Crippen LogP contribution in [0.1, 0.15) is 51.7 Å². The molecule has 0 aromatic heterocycles. The quantitative estimate of drug-likeness (QED) is 0.176. The van der Waals surface area contributed by atoms with Gasteiger partial charge < -0.3 is 24.8 Å². The van der Waals surface area contributed by atoms with Crippen LogP contribution >= 0.6 is 36.4 Å². The third-order valence-corrected chi connectivity index (χ3v) is 8.40. The third-order valence-electron chi connectivity index (χ3n) is 6.47. The second-order valence-corrected chi connectivity index (χ2v) is 13.6. The molecule has 0 atom stereocenters. The maximum atomic E-state index is 13.4. The van der Waals surface area contributed by atoms with Gasteiger partial charge in [0.1, 0.15) is 23.3 Å². The normalized spacial score (nSPS) is 14.6. The Morgan fingerprint density at radius 3 is 2.41 bits per heavy atom. The second-order valence-electron chi connectivity index (χ2n) is 11.3. The fourth-order valence-corrected chi connectivity index (χ4v) is 5.87. The molecule has 11 nitrogen and oxygen atoms in total. The van der Waals surface area contributed by atoms with Crippen LogP contribution in [0.5, 0.6) is 5.75 Å². The molecule has 0 unspecified atom stereocenters. The Bertz CT molecular complexity index is 1490. The zero-order valence-corrected chi connectivity index (χ0v) is 29.8. The van der Waals surface area contributed by atoms with Gasteiger partial charge in [0.15, 0.2) is 5.75 Å². The fraction of sp³-hybridized carbons (Fsp3) is 0.452. The summed E-state index contributed by atoms with van der Waals surface area (Å²) < 4.78 is 44.0. The number of aliphatic imine (C=N–C) groups is 1. The molecule has 1 aliphatic rings. The molecule has 0 aliphatic carbocycles. The number of hydrogen-bond acceptors (Lipinski definition) is 8. The molecular formula is C31H43Cl3N4O7S. The summed E-state index contributed by atoms with van der Waals surface area (Å²) in [5, 5.41) is 0.259. The summed E-state index contributed by atoms with van der Waals surface area (Å²) >= 11 is 6.55. The van der Waals surface area contributed by atoms with Crippen molar-refractivity contribution >= 4 is 76.1 Å². The van der Waals surface area contributed by atoms with E-state index in [0.29, 0.717) is 16.9 Å². The Labute approximate surface area is 289 Å². The number of hydrogen-bond donors (Lipinski definition) is 1. The van der Waals surface area contributed by atoms with Crippen LogP contribution in [0.3, 0.4) is 0 Å². The highest BCUT2D eigenvalue weighted by Crippen LogP contribution is 2.32. The highest BCUT2D eigenvalue weighted by atomic mass is 35.5. The van der Waals surface area contributed by atoms with Gasteiger partial charge in [-0.1, -0.05) is 42.0 Å². The zero-order chi connectivity index (χ0) is 32.5. The van der Waals surface area contributed by atoms with Crippen LogP contribution in [0.4, 0.5) is 10.5 Å². The first-order chi connectivity index (χ1) is 20.7. The maximum absolute atomic E-state index is 13.4. The Balaban J connectivity index is 0.00000529. The number of halogens is 3. The van der Waals surface area contributed by atoms with E-state index in [1.165, 1.54) is 6.07 Å². The molecule has 15 heteroatoms. The molecule has 256 valence electrons. The number of rotatable bonds is 11. The van der Waals surface area contributed by atoms with Gasteiger partial charge in [0, 0.05) is 18.7 Å². The van der Waals surface area contributed by atoms with Crippen molar-refractivity contribution in [3.05, 3.63) is 64.7 Å². The molecule has 46 heavy (non-hydrogen) atoms. The molecule has 2 N–H and O–H groups in total. The van der Waals surface area contributed by atoms with Gasteiger partial charge in [-0.3, -0.25) is 9.10 Å². The van der Waals surface area contributed by atoms with E-state index in [2.05, 4.69) is 16.9 Å². The van der Waals surface area contributed by atoms with E-state index in [0.717, 1.165) is 30.2 Å². The largest absolute Gasteiger partial charge is 0.489 e. The SMILES string of the molecule is CCOC(=O)CS(=O)(=O)N(C/C=C/c1cccc(/C(N)=N/C(=O)OC(C)(C)C)c1)c1ccc(OC2CCN(C)CC2)c(Cl)c1.Cl.Cl. The fourth-order valence-electron chi connectivity index (χ4n) is 4.37. The second kappa shape index (κ2) is 18.3. The van der Waals surface area contributed by atoms with E-state index < -0.39 is 33.4 Å². The van der Waals surface area contributed by atoms with Gasteiger partial charge >= 0.3 is 12.1 Å². The van der Waals surface area contributed by atoms with Crippen molar-refractivity contribution in [3.8, 4) is 5.75 Å². The first kappa shape index (κ1) is 41.0. The zero-order valence-electron chi connectivity index (χ0n) is 26.6. The third kappa shape index (κ3) is 13.0. The molecule has 0 spiro atoms. The molecule has 2 aromatic rings. The number of amides is 1. The number of esters is 1. The monoisotopic (exact) mass is 720 g/mol. The number of piperidine rings is 1. The summed E-state index contributed by atoms with van der Waals surface area (Å²) in [7, 11) is -2.09. The van der Waals surface area contributed by atoms with E-state index in [1.807, 2.05) is 0 Å². The molecule has 3 rings (SSSR count). The van der Waals surface area contributed by atoms with Gasteiger partial charge in [-0.2, -0.15) is 4.99 Å². The van der Waals surface area contributed by atoms with E-state index in [-0.39, 0.29) is 60.6 Å². The lowest BCUT2D eigenvalue weighted by Gasteiger charge is -2.30. The summed E-state index contributed by atoms with van der Waals surface area (Å²) in [6.45, 7) is 8.56. The first-order valence-corrected chi connectivity index (χ1v) is 16.3. The smallest absolute Gasteiger partial charge is 0.436 e. The molecule has 0 radical (unpaired) electrons. The Kier molecular flexibility index (Phi) is 16.3. The van der Waals surface area contributed by atoms with Crippen LogP contribution in [0, 0.1) is 0 Å². The molecule has 2 aromatic carbocycles. The molecule has 1 saturated heterocycles. The first-order valence-electron chi connectivity index (χ1n) is 14.3. The summed E-state index contributed by atoms with van der Waals surface area (Å²) in [6.07, 6.45) is 4.24. The molecule has 1 fully saturated rings. The predicted molar refractivity (Wildman–Crippen MR) is 187 cm³/mol. The summed E-state index contributed by atoms with van der Waals surface area (Å²) in [4.78, 5) is 30.3. The number of amidine groups is 1. The lowest BCUT2D eigenvalue weighted by molar-refractivity contribution is -0.139. The minimum atomic E-state index is -4.15. The van der Waals surface area contributed by atoms with Crippen LogP contribution in [0.2, 0.25) is 5.02 Å². The highest BCUT2D eigenvalue weighted by molar-refractivity contribution is 7.93. The predicted octanol–water partition coefficient (Wildman–Crippen LogP) is 5.71. The Morgan fingerprint density at radius 1 is 1.13 bits per heavy atom. The van der Waals surface area contributed by atoms with Gasteiger partial charge in [0.25, 0.3) is 0 Å². The number of likely N-dealkylation sites (tertiary alicyclic amines) is 1. The number of nitrogens with two attached hydrogens (primary N) is 1. The lowest BCUT2D eigenvalue weighted by Crippen LogP contribution is -2.36. The van der Waals surface area contributed by atoms with Crippen LogP contribution in [-0.2, 0) is 24.3 Å². The van der Waals surface area contributed by atoms with E-state index in [1.54, 1.807) is 76.2 Å². The number of carbonyl (C=O) groups is 2. The minimum absolute atomic E-state index is 0. The van der Waals surface area contributed by atoms with Crippen molar-refractivity contribution < 1.29 is 32.2 Å². The number of carbonyl (C=O) groups excluding carboxylic acids is 2. The van der Waals surface area contributed by atoms with Crippen molar-refractivity contribution in [2.45, 2.75) is 52.2 Å². The highest BCUT2D eigenvalue weighted by Gasteiger charge is 2.27. The van der Waals surface area contributed by atoms with Gasteiger partial charge in [-0.25, -0.2) is 13.2 Å². The molecule has 0 bridgehead atoms. The van der Waals surface area contributed by atoms with Crippen molar-refractivity contribution in [1.82, 2.24) is 4.90 Å². The average molecular weight is 722 g/mol.